The maximum Gasteiger partial charge on any atom is 0.341 e. The lowest BCUT2D eigenvalue weighted by Gasteiger charge is -2.27. The number of likely N-dealkylation sites (N-methyl/N-ethyl adjacent to an activating group) is 1. The first-order chi connectivity index (χ1) is 12.5. The summed E-state index contributed by atoms with van der Waals surface area (Å²) in [6, 6.07) is 1.43. The first-order valence-corrected chi connectivity index (χ1v) is 8.91. The number of aromatic carboxylic acids is 1. The quantitative estimate of drug-likeness (QED) is 0.884. The van der Waals surface area contributed by atoms with Crippen molar-refractivity contribution in [3.8, 4) is 0 Å². The lowest BCUT2D eigenvalue weighted by atomic mass is 10.1. The van der Waals surface area contributed by atoms with Gasteiger partial charge in [-0.05, 0) is 47.4 Å². The Morgan fingerprint density at radius 2 is 2.04 bits per heavy atom. The molecule has 1 aliphatic rings. The third-order valence-corrected chi connectivity index (χ3v) is 5.06. The monoisotopic (exact) mass is 376 g/mol. The smallest absolute Gasteiger partial charge is 0.341 e. The van der Waals surface area contributed by atoms with Gasteiger partial charge >= 0.3 is 5.97 Å². The number of carboxylic acid groups (broad SMARTS) is 1. The molecule has 0 aliphatic carbocycles. The Balaban J connectivity index is 2.23. The van der Waals surface area contributed by atoms with Gasteiger partial charge < -0.3 is 19.5 Å². The van der Waals surface area contributed by atoms with E-state index >= 15 is 0 Å². The molecule has 0 aromatic carbocycles. The van der Waals surface area contributed by atoms with E-state index in [4.69, 9.17) is 0 Å². The SMILES string of the molecule is CN(C)[C@@H]1CCN(c2nc3c(cc2F)c(=O)c(C(=O)O)cn3C(C)(C)C)C1. The maximum absolute atomic E-state index is 14.8. The number of carbonyl (C=O) groups is 1. The van der Waals surface area contributed by atoms with Crippen molar-refractivity contribution in [1.82, 2.24) is 14.5 Å². The van der Waals surface area contributed by atoms with Crippen molar-refractivity contribution in [2.24, 2.45) is 0 Å². The molecule has 146 valence electrons. The van der Waals surface area contributed by atoms with E-state index in [9.17, 15) is 19.1 Å². The second-order valence-electron chi connectivity index (χ2n) is 8.23. The van der Waals surface area contributed by atoms with Crippen LogP contribution in [0.5, 0.6) is 0 Å². The molecule has 0 spiro atoms. The Morgan fingerprint density at radius 3 is 2.56 bits per heavy atom. The second kappa shape index (κ2) is 6.60. The van der Waals surface area contributed by atoms with Crippen LogP contribution in [0.15, 0.2) is 17.1 Å². The highest BCUT2D eigenvalue weighted by Gasteiger charge is 2.29. The van der Waals surface area contributed by atoms with Gasteiger partial charge in [0.1, 0.15) is 11.2 Å². The Bertz CT molecular complexity index is 962. The topological polar surface area (TPSA) is 78.7 Å². The summed E-state index contributed by atoms with van der Waals surface area (Å²) in [6.07, 6.45) is 2.20. The molecule has 7 nitrogen and oxygen atoms in total. The van der Waals surface area contributed by atoms with Crippen molar-refractivity contribution in [3.63, 3.8) is 0 Å². The summed E-state index contributed by atoms with van der Waals surface area (Å²) in [5.41, 5.74) is -1.35. The first-order valence-electron chi connectivity index (χ1n) is 8.91. The molecule has 0 radical (unpaired) electrons. The van der Waals surface area contributed by atoms with Gasteiger partial charge in [-0.15, -0.1) is 0 Å². The van der Waals surface area contributed by atoms with Crippen LogP contribution in [0.2, 0.25) is 0 Å². The van der Waals surface area contributed by atoms with Crippen LogP contribution in [0.3, 0.4) is 0 Å². The number of halogens is 1. The predicted molar refractivity (Wildman–Crippen MR) is 102 cm³/mol. The molecule has 1 saturated heterocycles. The highest BCUT2D eigenvalue weighted by Crippen LogP contribution is 2.28. The van der Waals surface area contributed by atoms with Crippen molar-refractivity contribution in [2.45, 2.75) is 38.8 Å². The van der Waals surface area contributed by atoms with Crippen LogP contribution < -0.4 is 10.3 Å². The van der Waals surface area contributed by atoms with E-state index in [-0.39, 0.29) is 16.8 Å². The van der Waals surface area contributed by atoms with Gasteiger partial charge in [-0.2, -0.15) is 0 Å². The fourth-order valence-corrected chi connectivity index (χ4v) is 3.46. The minimum atomic E-state index is -1.34. The zero-order valence-electron chi connectivity index (χ0n) is 16.3. The Kier molecular flexibility index (Phi) is 4.71. The molecule has 8 heteroatoms. The highest BCUT2D eigenvalue weighted by atomic mass is 19.1. The van der Waals surface area contributed by atoms with E-state index in [2.05, 4.69) is 9.88 Å². The van der Waals surface area contributed by atoms with Gasteiger partial charge in [0.15, 0.2) is 11.6 Å². The highest BCUT2D eigenvalue weighted by molar-refractivity contribution is 5.92. The number of hydrogen-bond donors (Lipinski definition) is 1. The summed E-state index contributed by atoms with van der Waals surface area (Å²) < 4.78 is 16.5. The largest absolute Gasteiger partial charge is 0.477 e. The number of hydrogen-bond acceptors (Lipinski definition) is 5. The molecule has 1 aliphatic heterocycles. The van der Waals surface area contributed by atoms with Gasteiger partial charge in [-0.25, -0.2) is 14.2 Å². The molecule has 0 bridgehead atoms. The van der Waals surface area contributed by atoms with Crippen LogP contribution in [0.1, 0.15) is 37.6 Å². The number of anilines is 1. The molecule has 0 amide bonds. The molecule has 1 atom stereocenters. The zero-order valence-corrected chi connectivity index (χ0v) is 16.3. The second-order valence-corrected chi connectivity index (χ2v) is 8.23. The predicted octanol–water partition coefficient (Wildman–Crippen LogP) is 2.13. The van der Waals surface area contributed by atoms with E-state index in [1.165, 1.54) is 6.20 Å². The summed E-state index contributed by atoms with van der Waals surface area (Å²) in [5.74, 6) is -1.74. The number of fused-ring (bicyclic) bond motifs is 1. The fraction of sp³-hybridized carbons (Fsp3) is 0.526. The average Bonchev–Trinajstić information content (AvgIpc) is 3.03. The number of rotatable bonds is 3. The molecular formula is C19H25FN4O3. The molecule has 1 N–H and O–H groups in total. The summed E-state index contributed by atoms with van der Waals surface area (Å²) in [4.78, 5) is 32.5. The van der Waals surface area contributed by atoms with Crippen molar-refractivity contribution >= 4 is 22.8 Å². The van der Waals surface area contributed by atoms with E-state index in [0.29, 0.717) is 24.8 Å². The lowest BCUT2D eigenvalue weighted by molar-refractivity contribution is 0.0694. The van der Waals surface area contributed by atoms with Crippen LogP contribution in [0.25, 0.3) is 11.0 Å². The fourth-order valence-electron chi connectivity index (χ4n) is 3.46. The van der Waals surface area contributed by atoms with Crippen molar-refractivity contribution in [1.29, 1.82) is 0 Å². The number of pyridine rings is 2. The van der Waals surface area contributed by atoms with Gasteiger partial charge in [0.25, 0.3) is 0 Å². The average molecular weight is 376 g/mol. The number of nitrogens with zero attached hydrogens (tertiary/aromatic N) is 4. The van der Waals surface area contributed by atoms with Crippen LogP contribution in [-0.4, -0.2) is 58.8 Å². The van der Waals surface area contributed by atoms with Gasteiger partial charge in [0.2, 0.25) is 5.43 Å². The van der Waals surface area contributed by atoms with E-state index < -0.39 is 22.8 Å². The van der Waals surface area contributed by atoms with Crippen LogP contribution in [0, 0.1) is 5.82 Å². The zero-order chi connectivity index (χ0) is 20.1. The number of carboxylic acids is 1. The van der Waals surface area contributed by atoms with Crippen molar-refractivity contribution in [3.05, 3.63) is 33.9 Å². The standard InChI is InChI=1S/C19H25FN4O3/c1-19(2,3)24-10-13(18(26)27)15(25)12-8-14(20)17(21-16(12)24)23-7-6-11(9-23)22(4)5/h8,10-11H,6-7,9H2,1-5H3,(H,26,27)/t11-/m1/s1. The molecule has 27 heavy (non-hydrogen) atoms. The minimum Gasteiger partial charge on any atom is -0.477 e. The van der Waals surface area contributed by atoms with Crippen LogP contribution in [0.4, 0.5) is 10.2 Å². The number of aromatic nitrogens is 2. The minimum absolute atomic E-state index is 0.0190. The Morgan fingerprint density at radius 1 is 1.37 bits per heavy atom. The van der Waals surface area contributed by atoms with Gasteiger partial charge in [0.05, 0.1) is 5.39 Å². The summed E-state index contributed by atoms with van der Waals surface area (Å²) in [7, 11) is 3.98. The molecular weight excluding hydrogens is 351 g/mol. The summed E-state index contributed by atoms with van der Waals surface area (Å²) in [6.45, 7) is 6.96. The van der Waals surface area contributed by atoms with E-state index in [1.54, 1.807) is 4.57 Å². The molecule has 3 heterocycles. The summed E-state index contributed by atoms with van der Waals surface area (Å²) >= 11 is 0. The van der Waals surface area contributed by atoms with Crippen LogP contribution in [-0.2, 0) is 5.54 Å². The third-order valence-electron chi connectivity index (χ3n) is 5.06. The first kappa shape index (κ1) is 19.3. The van der Waals surface area contributed by atoms with Crippen molar-refractivity contribution < 1.29 is 14.3 Å². The lowest BCUT2D eigenvalue weighted by Crippen LogP contribution is -2.32. The third kappa shape index (κ3) is 3.41. The normalized spacial score (nSPS) is 17.9. The molecule has 0 unspecified atom stereocenters. The summed E-state index contributed by atoms with van der Waals surface area (Å²) in [5, 5.41) is 9.33. The molecule has 2 aromatic rings. The van der Waals surface area contributed by atoms with E-state index in [1.807, 2.05) is 39.8 Å². The van der Waals surface area contributed by atoms with E-state index in [0.717, 1.165) is 12.5 Å². The maximum atomic E-state index is 14.8. The molecule has 2 aromatic heterocycles. The van der Waals surface area contributed by atoms with Crippen LogP contribution >= 0.6 is 0 Å². The van der Waals surface area contributed by atoms with Gasteiger partial charge in [0, 0.05) is 30.9 Å². The Hall–Kier alpha value is -2.48. The van der Waals surface area contributed by atoms with Gasteiger partial charge in [-0.1, -0.05) is 0 Å². The molecule has 0 saturated carbocycles. The van der Waals surface area contributed by atoms with Crippen molar-refractivity contribution in [2.75, 3.05) is 32.1 Å². The van der Waals surface area contributed by atoms with Gasteiger partial charge in [-0.3, -0.25) is 4.79 Å². The Labute approximate surface area is 157 Å². The molecule has 3 rings (SSSR count). The molecule has 1 fully saturated rings.